The van der Waals surface area contributed by atoms with Crippen molar-refractivity contribution in [3.8, 4) is 0 Å². The second-order valence-corrected chi connectivity index (χ2v) is 4.34. The lowest BCUT2D eigenvalue weighted by Gasteiger charge is -2.27. The Morgan fingerprint density at radius 1 is 1.41 bits per heavy atom. The van der Waals surface area contributed by atoms with Gasteiger partial charge in [0.15, 0.2) is 0 Å². The van der Waals surface area contributed by atoms with Crippen LogP contribution in [0, 0.1) is 6.92 Å². The van der Waals surface area contributed by atoms with Gasteiger partial charge in [-0.1, -0.05) is 23.7 Å². The van der Waals surface area contributed by atoms with Crippen LogP contribution in [-0.4, -0.2) is 37.2 Å². The number of urea groups is 1. The quantitative estimate of drug-likeness (QED) is 0.837. The van der Waals surface area contributed by atoms with E-state index < -0.39 is 0 Å². The van der Waals surface area contributed by atoms with Gasteiger partial charge in [0.1, 0.15) is 0 Å². The van der Waals surface area contributed by atoms with Crippen LogP contribution in [0.5, 0.6) is 0 Å². The van der Waals surface area contributed by atoms with Crippen LogP contribution in [0.2, 0.25) is 5.02 Å². The van der Waals surface area contributed by atoms with Crippen molar-refractivity contribution in [3.05, 3.63) is 28.8 Å². The Labute approximate surface area is 106 Å². The molecule has 5 heteroatoms. The van der Waals surface area contributed by atoms with Gasteiger partial charge < -0.3 is 15.0 Å². The summed E-state index contributed by atoms with van der Waals surface area (Å²) in [5.74, 6) is 0. The average Bonchev–Trinajstić information content (AvgIpc) is 2.36. The molecule has 1 aromatic rings. The van der Waals surface area contributed by atoms with Crippen LogP contribution in [0.1, 0.15) is 5.56 Å². The molecule has 0 radical (unpaired) electrons. The van der Waals surface area contributed by atoms with E-state index in [9.17, 15) is 4.79 Å². The minimum atomic E-state index is -0.124. The van der Waals surface area contributed by atoms with E-state index in [-0.39, 0.29) is 6.03 Å². The van der Waals surface area contributed by atoms with E-state index in [1.165, 1.54) is 0 Å². The predicted octanol–water partition coefficient (Wildman–Crippen LogP) is 2.51. The first-order chi connectivity index (χ1) is 8.18. The number of benzene rings is 1. The van der Waals surface area contributed by atoms with Crippen molar-refractivity contribution in [3.63, 3.8) is 0 Å². The molecule has 2 rings (SSSR count). The van der Waals surface area contributed by atoms with Crippen molar-refractivity contribution in [2.75, 3.05) is 31.6 Å². The molecular weight excluding hydrogens is 240 g/mol. The molecule has 1 heterocycles. The van der Waals surface area contributed by atoms with Gasteiger partial charge in [-0.2, -0.15) is 0 Å². The molecule has 1 saturated heterocycles. The summed E-state index contributed by atoms with van der Waals surface area (Å²) in [5.41, 5.74) is 1.61. The summed E-state index contributed by atoms with van der Waals surface area (Å²) < 4.78 is 5.20. The fourth-order valence-electron chi connectivity index (χ4n) is 1.70. The minimum absolute atomic E-state index is 0.124. The van der Waals surface area contributed by atoms with Crippen LogP contribution >= 0.6 is 11.6 Å². The van der Waals surface area contributed by atoms with Gasteiger partial charge in [0.2, 0.25) is 0 Å². The van der Waals surface area contributed by atoms with E-state index in [1.54, 1.807) is 11.0 Å². The molecule has 1 aromatic carbocycles. The number of nitrogens with one attached hydrogen (secondary N) is 1. The maximum atomic E-state index is 11.9. The van der Waals surface area contributed by atoms with Gasteiger partial charge in [-0.3, -0.25) is 0 Å². The highest BCUT2D eigenvalue weighted by atomic mass is 35.5. The smallest absolute Gasteiger partial charge is 0.322 e. The van der Waals surface area contributed by atoms with Crippen LogP contribution < -0.4 is 5.32 Å². The Morgan fingerprint density at radius 3 is 2.82 bits per heavy atom. The normalized spacial score (nSPS) is 15.8. The number of ether oxygens (including phenoxy) is 1. The standard InChI is InChI=1S/C12H15ClN2O2/c1-9-3-2-4-10(11(9)13)14-12(16)15-5-7-17-8-6-15/h2-4H,5-8H2,1H3,(H,14,16). The molecule has 92 valence electrons. The summed E-state index contributed by atoms with van der Waals surface area (Å²) in [6.45, 7) is 4.33. The summed E-state index contributed by atoms with van der Waals surface area (Å²) in [5, 5.41) is 3.41. The van der Waals surface area contributed by atoms with Crippen LogP contribution in [0.3, 0.4) is 0 Å². The summed E-state index contributed by atoms with van der Waals surface area (Å²) >= 11 is 6.12. The SMILES string of the molecule is Cc1cccc(NC(=O)N2CCOCC2)c1Cl. The van der Waals surface area contributed by atoms with Gasteiger partial charge in [0.05, 0.1) is 23.9 Å². The van der Waals surface area contributed by atoms with Gasteiger partial charge in [-0.25, -0.2) is 4.79 Å². The number of hydrogen-bond donors (Lipinski definition) is 1. The van der Waals surface area contributed by atoms with E-state index in [0.717, 1.165) is 5.56 Å². The summed E-state index contributed by atoms with van der Waals surface area (Å²) in [6.07, 6.45) is 0. The zero-order chi connectivity index (χ0) is 12.3. The molecule has 1 aliphatic rings. The number of halogens is 1. The third kappa shape index (κ3) is 2.90. The van der Waals surface area contributed by atoms with Crippen LogP contribution in [0.25, 0.3) is 0 Å². The maximum Gasteiger partial charge on any atom is 0.322 e. The fraction of sp³-hybridized carbons (Fsp3) is 0.417. The van der Waals surface area contributed by atoms with E-state index >= 15 is 0 Å². The molecule has 0 saturated carbocycles. The Morgan fingerprint density at radius 2 is 2.12 bits per heavy atom. The number of morpholine rings is 1. The van der Waals surface area contributed by atoms with Crippen LogP contribution in [0.4, 0.5) is 10.5 Å². The number of aryl methyl sites for hydroxylation is 1. The lowest BCUT2D eigenvalue weighted by atomic mass is 10.2. The minimum Gasteiger partial charge on any atom is -0.378 e. The average molecular weight is 255 g/mol. The van der Waals surface area contributed by atoms with Crippen molar-refractivity contribution >= 4 is 23.3 Å². The van der Waals surface area contributed by atoms with E-state index in [4.69, 9.17) is 16.3 Å². The zero-order valence-corrected chi connectivity index (χ0v) is 10.5. The molecule has 1 aliphatic heterocycles. The molecule has 0 atom stereocenters. The van der Waals surface area contributed by atoms with Crippen LogP contribution in [-0.2, 0) is 4.74 Å². The van der Waals surface area contributed by atoms with Gasteiger partial charge in [-0.05, 0) is 18.6 Å². The van der Waals surface area contributed by atoms with E-state index in [0.29, 0.717) is 37.0 Å². The van der Waals surface area contributed by atoms with Crippen molar-refractivity contribution in [1.82, 2.24) is 4.90 Å². The van der Waals surface area contributed by atoms with Crippen molar-refractivity contribution < 1.29 is 9.53 Å². The topological polar surface area (TPSA) is 41.6 Å². The molecular formula is C12H15ClN2O2. The number of nitrogens with zero attached hydrogens (tertiary/aromatic N) is 1. The number of hydrogen-bond acceptors (Lipinski definition) is 2. The molecule has 0 spiro atoms. The van der Waals surface area contributed by atoms with E-state index in [2.05, 4.69) is 5.32 Å². The highest BCUT2D eigenvalue weighted by Crippen LogP contribution is 2.25. The lowest BCUT2D eigenvalue weighted by molar-refractivity contribution is 0.0564. The number of amides is 2. The second kappa shape index (κ2) is 5.38. The molecule has 1 fully saturated rings. The molecule has 0 unspecified atom stereocenters. The Hall–Kier alpha value is -1.26. The molecule has 0 bridgehead atoms. The van der Waals surface area contributed by atoms with Gasteiger partial charge in [-0.15, -0.1) is 0 Å². The van der Waals surface area contributed by atoms with Crippen molar-refractivity contribution in [1.29, 1.82) is 0 Å². The molecule has 17 heavy (non-hydrogen) atoms. The fourth-order valence-corrected chi connectivity index (χ4v) is 1.88. The van der Waals surface area contributed by atoms with Crippen LogP contribution in [0.15, 0.2) is 18.2 Å². The zero-order valence-electron chi connectivity index (χ0n) is 9.70. The number of rotatable bonds is 1. The second-order valence-electron chi connectivity index (χ2n) is 3.97. The molecule has 0 aliphatic carbocycles. The number of anilines is 1. The van der Waals surface area contributed by atoms with Gasteiger partial charge in [0.25, 0.3) is 0 Å². The maximum absolute atomic E-state index is 11.9. The summed E-state index contributed by atoms with van der Waals surface area (Å²) in [6, 6.07) is 5.46. The number of carbonyl (C=O) groups is 1. The molecule has 1 N–H and O–H groups in total. The third-order valence-electron chi connectivity index (χ3n) is 2.73. The predicted molar refractivity (Wildman–Crippen MR) is 67.6 cm³/mol. The monoisotopic (exact) mass is 254 g/mol. The third-order valence-corrected chi connectivity index (χ3v) is 3.23. The molecule has 2 amide bonds. The highest BCUT2D eigenvalue weighted by molar-refractivity contribution is 6.34. The Balaban J connectivity index is 2.04. The number of carbonyl (C=O) groups excluding carboxylic acids is 1. The summed E-state index contributed by atoms with van der Waals surface area (Å²) in [7, 11) is 0. The largest absolute Gasteiger partial charge is 0.378 e. The first-order valence-electron chi connectivity index (χ1n) is 5.57. The van der Waals surface area contributed by atoms with Gasteiger partial charge in [0, 0.05) is 13.1 Å². The first kappa shape index (κ1) is 12.2. The van der Waals surface area contributed by atoms with E-state index in [1.807, 2.05) is 19.1 Å². The lowest BCUT2D eigenvalue weighted by Crippen LogP contribution is -2.43. The van der Waals surface area contributed by atoms with Gasteiger partial charge >= 0.3 is 6.03 Å². The Kier molecular flexibility index (Phi) is 3.86. The van der Waals surface area contributed by atoms with Crippen molar-refractivity contribution in [2.45, 2.75) is 6.92 Å². The molecule has 4 nitrogen and oxygen atoms in total. The highest BCUT2D eigenvalue weighted by Gasteiger charge is 2.17. The Bertz CT molecular complexity index is 417. The summed E-state index contributed by atoms with van der Waals surface area (Å²) in [4.78, 5) is 13.7. The first-order valence-corrected chi connectivity index (χ1v) is 5.95. The molecule has 0 aromatic heterocycles. The van der Waals surface area contributed by atoms with Crippen molar-refractivity contribution in [2.24, 2.45) is 0 Å².